The third kappa shape index (κ3) is 4.46. The molecule has 2 fully saturated rings. The summed E-state index contributed by atoms with van der Waals surface area (Å²) in [5, 5.41) is 0. The molecular formula is C20H32N4O. The number of hydrogen-bond acceptors (Lipinski definition) is 3. The first-order chi connectivity index (χ1) is 12.2. The van der Waals surface area contributed by atoms with Gasteiger partial charge in [-0.1, -0.05) is 25.1 Å². The molecule has 0 aliphatic carbocycles. The van der Waals surface area contributed by atoms with Gasteiger partial charge in [-0.2, -0.15) is 0 Å². The smallest absolute Gasteiger partial charge is 0.191 e. The van der Waals surface area contributed by atoms with Crippen LogP contribution in [0.15, 0.2) is 29.3 Å². The van der Waals surface area contributed by atoms with E-state index < -0.39 is 0 Å². The van der Waals surface area contributed by atoms with Crippen LogP contribution in [0.1, 0.15) is 44.2 Å². The molecule has 138 valence electrons. The highest BCUT2D eigenvalue weighted by Gasteiger charge is 2.26. The van der Waals surface area contributed by atoms with Crippen LogP contribution in [0.5, 0.6) is 5.75 Å². The fraction of sp³-hybridized carbons (Fsp3) is 0.650. The van der Waals surface area contributed by atoms with E-state index in [0.717, 1.165) is 37.8 Å². The van der Waals surface area contributed by atoms with Crippen LogP contribution in [0, 0.1) is 5.92 Å². The number of ether oxygens (including phenoxy) is 1. The molecule has 1 aromatic rings. The molecule has 2 aliphatic rings. The molecule has 1 unspecified atom stereocenters. The van der Waals surface area contributed by atoms with Crippen molar-refractivity contribution < 1.29 is 4.74 Å². The van der Waals surface area contributed by atoms with Gasteiger partial charge in [0, 0.05) is 18.7 Å². The second-order valence-electron chi connectivity index (χ2n) is 7.37. The molecule has 1 atom stereocenters. The third-order valence-corrected chi connectivity index (χ3v) is 5.61. The van der Waals surface area contributed by atoms with Crippen molar-refractivity contribution in [2.24, 2.45) is 16.6 Å². The minimum absolute atomic E-state index is 0.237. The fourth-order valence-electron chi connectivity index (χ4n) is 3.92. The van der Waals surface area contributed by atoms with Gasteiger partial charge in [0.25, 0.3) is 0 Å². The lowest BCUT2D eigenvalue weighted by atomic mass is 10.00. The second-order valence-corrected chi connectivity index (χ2v) is 7.37. The number of rotatable bonds is 5. The highest BCUT2D eigenvalue weighted by atomic mass is 16.5. The van der Waals surface area contributed by atoms with Gasteiger partial charge in [0.15, 0.2) is 5.96 Å². The van der Waals surface area contributed by atoms with Crippen molar-refractivity contribution in [2.75, 3.05) is 39.8 Å². The van der Waals surface area contributed by atoms with E-state index in [1.165, 1.54) is 31.2 Å². The number of nitrogens with two attached hydrogens (primary N) is 1. The molecule has 0 amide bonds. The summed E-state index contributed by atoms with van der Waals surface area (Å²) in [5.41, 5.74) is 7.53. The summed E-state index contributed by atoms with van der Waals surface area (Å²) in [5.74, 6) is 2.45. The second kappa shape index (κ2) is 8.56. The van der Waals surface area contributed by atoms with Crippen molar-refractivity contribution >= 4 is 5.96 Å². The molecule has 2 N–H and O–H groups in total. The third-order valence-electron chi connectivity index (χ3n) is 5.61. The van der Waals surface area contributed by atoms with Crippen molar-refractivity contribution in [3.05, 3.63) is 29.8 Å². The number of guanidine groups is 1. The maximum absolute atomic E-state index is 6.32. The molecule has 0 spiro atoms. The summed E-state index contributed by atoms with van der Waals surface area (Å²) in [6, 6.07) is 8.55. The van der Waals surface area contributed by atoms with Crippen LogP contribution in [0.2, 0.25) is 0 Å². The van der Waals surface area contributed by atoms with Crippen LogP contribution in [0.25, 0.3) is 0 Å². The van der Waals surface area contributed by atoms with Gasteiger partial charge in [-0.05, 0) is 50.8 Å². The summed E-state index contributed by atoms with van der Waals surface area (Å²) in [7, 11) is 1.74. The Labute approximate surface area is 151 Å². The van der Waals surface area contributed by atoms with Gasteiger partial charge >= 0.3 is 0 Å². The number of methoxy groups -OCH3 is 1. The maximum Gasteiger partial charge on any atom is 0.191 e. The molecule has 0 saturated carbocycles. The van der Waals surface area contributed by atoms with Crippen LogP contribution in [-0.4, -0.2) is 55.6 Å². The lowest BCUT2D eigenvalue weighted by Gasteiger charge is -2.32. The van der Waals surface area contributed by atoms with Crippen LogP contribution >= 0.6 is 0 Å². The zero-order valence-electron chi connectivity index (χ0n) is 15.7. The molecule has 5 heteroatoms. The number of nitrogens with zero attached hydrogens (tertiary/aromatic N) is 3. The van der Waals surface area contributed by atoms with Gasteiger partial charge in [-0.25, -0.2) is 0 Å². The molecule has 2 saturated heterocycles. The van der Waals surface area contributed by atoms with Crippen LogP contribution < -0.4 is 10.5 Å². The van der Waals surface area contributed by atoms with E-state index in [1.54, 1.807) is 7.11 Å². The average molecular weight is 345 g/mol. The molecule has 1 aromatic carbocycles. The van der Waals surface area contributed by atoms with Gasteiger partial charge in [0.1, 0.15) is 5.75 Å². The average Bonchev–Trinajstić information content (AvgIpc) is 3.17. The quantitative estimate of drug-likeness (QED) is 0.659. The Morgan fingerprint density at radius 2 is 1.88 bits per heavy atom. The van der Waals surface area contributed by atoms with Crippen molar-refractivity contribution in [1.29, 1.82) is 0 Å². The Kier molecular flexibility index (Phi) is 6.19. The largest absolute Gasteiger partial charge is 0.496 e. The molecule has 5 nitrogen and oxygen atoms in total. The Bertz CT molecular complexity index is 575. The first-order valence-corrected chi connectivity index (χ1v) is 9.61. The molecule has 0 radical (unpaired) electrons. The van der Waals surface area contributed by atoms with Gasteiger partial charge in [0.2, 0.25) is 0 Å². The summed E-state index contributed by atoms with van der Waals surface area (Å²) >= 11 is 0. The number of para-hydroxylation sites is 1. The van der Waals surface area contributed by atoms with E-state index in [9.17, 15) is 0 Å². The summed E-state index contributed by atoms with van der Waals surface area (Å²) in [6.07, 6.45) is 4.93. The molecule has 2 heterocycles. The van der Waals surface area contributed by atoms with E-state index in [0.29, 0.717) is 12.5 Å². The van der Waals surface area contributed by atoms with Crippen molar-refractivity contribution in [2.45, 2.75) is 38.6 Å². The Morgan fingerprint density at radius 1 is 1.20 bits per heavy atom. The molecule has 25 heavy (non-hydrogen) atoms. The highest BCUT2D eigenvalue weighted by Crippen LogP contribution is 2.32. The number of benzene rings is 1. The van der Waals surface area contributed by atoms with E-state index >= 15 is 0 Å². The van der Waals surface area contributed by atoms with Gasteiger partial charge in [-0.3, -0.25) is 9.89 Å². The molecular weight excluding hydrogens is 312 g/mol. The van der Waals surface area contributed by atoms with Gasteiger partial charge < -0.3 is 15.4 Å². The Hall–Kier alpha value is -1.75. The minimum Gasteiger partial charge on any atom is -0.496 e. The van der Waals surface area contributed by atoms with E-state index in [2.05, 4.69) is 28.9 Å². The molecule has 0 bridgehead atoms. The molecule has 3 rings (SSSR count). The number of likely N-dealkylation sites (tertiary alicyclic amines) is 2. The van der Waals surface area contributed by atoms with Crippen molar-refractivity contribution in [3.8, 4) is 5.75 Å². The standard InChI is InChI=1S/C20H32N4O/c1-16-9-13-24(14-10-16)20(21)22-15-18(23-11-5-6-12-23)17-7-3-4-8-19(17)25-2/h3-4,7-8,16,18H,5-6,9-15H2,1-2H3,(H2,21,22). The lowest BCUT2D eigenvalue weighted by molar-refractivity contribution is 0.243. The summed E-state index contributed by atoms with van der Waals surface area (Å²) < 4.78 is 5.60. The Morgan fingerprint density at radius 3 is 2.56 bits per heavy atom. The molecule has 2 aliphatic heterocycles. The minimum atomic E-state index is 0.237. The zero-order chi connectivity index (χ0) is 17.6. The van der Waals surface area contributed by atoms with E-state index in [4.69, 9.17) is 15.5 Å². The molecule has 0 aromatic heterocycles. The number of aliphatic imine (C=N–C) groups is 1. The van der Waals surface area contributed by atoms with Crippen LogP contribution in [-0.2, 0) is 0 Å². The number of hydrogen-bond donors (Lipinski definition) is 1. The first-order valence-electron chi connectivity index (χ1n) is 9.61. The zero-order valence-corrected chi connectivity index (χ0v) is 15.7. The van der Waals surface area contributed by atoms with Gasteiger partial charge in [0.05, 0.1) is 19.7 Å². The van der Waals surface area contributed by atoms with Crippen LogP contribution in [0.3, 0.4) is 0 Å². The monoisotopic (exact) mass is 344 g/mol. The van der Waals surface area contributed by atoms with Crippen LogP contribution in [0.4, 0.5) is 0 Å². The van der Waals surface area contributed by atoms with Gasteiger partial charge in [-0.15, -0.1) is 0 Å². The highest BCUT2D eigenvalue weighted by molar-refractivity contribution is 5.78. The lowest BCUT2D eigenvalue weighted by Crippen LogP contribution is -2.43. The van der Waals surface area contributed by atoms with Crippen molar-refractivity contribution in [3.63, 3.8) is 0 Å². The topological polar surface area (TPSA) is 54.1 Å². The summed E-state index contributed by atoms with van der Waals surface area (Å²) in [4.78, 5) is 9.55. The van der Waals surface area contributed by atoms with Crippen molar-refractivity contribution in [1.82, 2.24) is 9.80 Å². The summed E-state index contributed by atoms with van der Waals surface area (Å²) in [6.45, 7) is 7.31. The Balaban J connectivity index is 1.75. The SMILES string of the molecule is COc1ccccc1C(CN=C(N)N1CCC(C)CC1)N1CCCC1. The number of piperidine rings is 1. The maximum atomic E-state index is 6.32. The predicted octanol–water partition coefficient (Wildman–Crippen LogP) is 2.88. The van der Waals surface area contributed by atoms with E-state index in [1.807, 2.05) is 12.1 Å². The predicted molar refractivity (Wildman–Crippen MR) is 103 cm³/mol. The van der Waals surface area contributed by atoms with E-state index in [-0.39, 0.29) is 6.04 Å². The first kappa shape index (κ1) is 18.1. The fourth-order valence-corrected chi connectivity index (χ4v) is 3.92. The normalized spacial score (nSPS) is 21.5.